The maximum atomic E-state index is 14.2. The van der Waals surface area contributed by atoms with Gasteiger partial charge in [0, 0.05) is 44.3 Å². The molecule has 2 aromatic carbocycles. The van der Waals surface area contributed by atoms with Crippen LogP contribution in [-0.4, -0.2) is 58.5 Å². The van der Waals surface area contributed by atoms with Crippen LogP contribution >= 0.6 is 0 Å². The van der Waals surface area contributed by atoms with E-state index in [0.29, 0.717) is 11.3 Å². The number of hydrogen-bond donors (Lipinski definition) is 0. The molecule has 0 unspecified atom stereocenters. The summed E-state index contributed by atoms with van der Waals surface area (Å²) in [4.78, 5) is 31.4. The van der Waals surface area contributed by atoms with E-state index < -0.39 is 0 Å². The second kappa shape index (κ2) is 11.4. The minimum atomic E-state index is -0.142. The average Bonchev–Trinajstić information content (AvgIpc) is 3.26. The van der Waals surface area contributed by atoms with Crippen LogP contribution < -0.4 is 4.74 Å². The van der Waals surface area contributed by atoms with E-state index in [4.69, 9.17) is 4.74 Å². The molecule has 3 aromatic rings. The number of aryl methyl sites for hydroxylation is 1. The van der Waals surface area contributed by atoms with Crippen LogP contribution in [0.2, 0.25) is 0 Å². The van der Waals surface area contributed by atoms with Crippen molar-refractivity contribution in [1.29, 1.82) is 0 Å². The smallest absolute Gasteiger partial charge is 0.257 e. The maximum Gasteiger partial charge on any atom is 0.257 e. The van der Waals surface area contributed by atoms with Gasteiger partial charge in [0.15, 0.2) is 0 Å². The second-order valence-electron chi connectivity index (χ2n) is 10.7. The minimum Gasteiger partial charge on any atom is -0.487 e. The summed E-state index contributed by atoms with van der Waals surface area (Å²) >= 11 is 0. The first kappa shape index (κ1) is 25.4. The number of carbonyl (C=O) groups is 2. The Morgan fingerprint density at radius 1 is 0.838 bits per heavy atom. The molecule has 1 saturated carbocycles. The molecular formula is C31H39N3O3. The Labute approximate surface area is 220 Å². The maximum absolute atomic E-state index is 14.2. The molecule has 0 radical (unpaired) electrons. The Bertz CT molecular complexity index is 1250. The summed E-state index contributed by atoms with van der Waals surface area (Å²) in [6, 6.07) is 15.7. The fourth-order valence-corrected chi connectivity index (χ4v) is 6.03. The predicted octanol–water partition coefficient (Wildman–Crippen LogP) is 6.05. The Kier molecular flexibility index (Phi) is 7.82. The van der Waals surface area contributed by atoms with E-state index in [1.165, 1.54) is 0 Å². The molecule has 1 aromatic heterocycles. The monoisotopic (exact) mass is 501 g/mol. The van der Waals surface area contributed by atoms with Gasteiger partial charge in [-0.2, -0.15) is 0 Å². The van der Waals surface area contributed by atoms with Crippen molar-refractivity contribution in [2.24, 2.45) is 7.05 Å². The van der Waals surface area contributed by atoms with Gasteiger partial charge in [-0.05, 0) is 50.3 Å². The highest BCUT2D eigenvalue weighted by Crippen LogP contribution is 2.32. The zero-order valence-electron chi connectivity index (χ0n) is 22.2. The lowest BCUT2D eigenvalue weighted by atomic mass is 9.90. The lowest BCUT2D eigenvalue weighted by molar-refractivity contribution is 0.0272. The highest BCUT2D eigenvalue weighted by atomic mass is 16.5. The first-order valence-electron chi connectivity index (χ1n) is 13.9. The van der Waals surface area contributed by atoms with Crippen molar-refractivity contribution in [3.8, 4) is 5.75 Å². The van der Waals surface area contributed by atoms with Gasteiger partial charge >= 0.3 is 0 Å². The standard InChI is InChI=1S/C31H39N3O3/c1-32-20-12-4-3-5-13-21-34(31(36)25-22-33(2)26-16-8-6-14-23(25)26)27-17-9-11-19-29(27)37-28-18-10-7-15-24(28)30(32)35/h6-8,10,14-16,18,22,27,29H,3-5,9,11-13,17,19-21H2,1-2H3/t27-,29+/m1/s1. The number of hydrogen-bond acceptors (Lipinski definition) is 3. The number of carbonyl (C=O) groups excluding carboxylic acids is 2. The van der Waals surface area contributed by atoms with Gasteiger partial charge < -0.3 is 19.1 Å². The van der Waals surface area contributed by atoms with Crippen LogP contribution in [0.15, 0.2) is 54.7 Å². The Morgan fingerprint density at radius 3 is 2.41 bits per heavy atom. The molecule has 2 amide bonds. The lowest BCUT2D eigenvalue weighted by Gasteiger charge is -2.40. The van der Waals surface area contributed by atoms with Crippen LogP contribution in [0.4, 0.5) is 0 Å². The molecule has 2 aliphatic rings. The molecule has 1 aliphatic heterocycles. The van der Waals surface area contributed by atoms with E-state index in [-0.39, 0.29) is 24.0 Å². The molecule has 0 bridgehead atoms. The fraction of sp³-hybridized carbons (Fsp3) is 0.484. The lowest BCUT2D eigenvalue weighted by Crippen LogP contribution is -2.51. The number of aromatic nitrogens is 1. The van der Waals surface area contributed by atoms with Crippen molar-refractivity contribution in [2.75, 3.05) is 20.1 Å². The summed E-state index contributed by atoms with van der Waals surface area (Å²) in [5.74, 6) is 0.718. The number of para-hydroxylation sites is 2. The van der Waals surface area contributed by atoms with Gasteiger partial charge in [0.2, 0.25) is 0 Å². The van der Waals surface area contributed by atoms with E-state index in [9.17, 15) is 9.59 Å². The Hall–Kier alpha value is -3.28. The molecule has 0 spiro atoms. The molecule has 1 aliphatic carbocycles. The largest absolute Gasteiger partial charge is 0.487 e. The van der Waals surface area contributed by atoms with Crippen LogP contribution in [0.25, 0.3) is 10.9 Å². The van der Waals surface area contributed by atoms with E-state index in [2.05, 4.69) is 11.0 Å². The van der Waals surface area contributed by atoms with Gasteiger partial charge in [-0.1, -0.05) is 56.0 Å². The third-order valence-electron chi connectivity index (χ3n) is 8.09. The van der Waals surface area contributed by atoms with E-state index in [1.54, 1.807) is 0 Å². The van der Waals surface area contributed by atoms with Crippen LogP contribution in [0, 0.1) is 0 Å². The van der Waals surface area contributed by atoms with Gasteiger partial charge in [-0.15, -0.1) is 0 Å². The third kappa shape index (κ3) is 5.39. The van der Waals surface area contributed by atoms with Crippen molar-refractivity contribution in [2.45, 2.75) is 69.9 Å². The minimum absolute atomic E-state index is 0.00141. The van der Waals surface area contributed by atoms with E-state index in [1.807, 2.05) is 72.2 Å². The van der Waals surface area contributed by atoms with Gasteiger partial charge in [0.25, 0.3) is 11.8 Å². The summed E-state index contributed by atoms with van der Waals surface area (Å²) in [6.45, 7) is 1.47. The number of ether oxygens (including phenoxy) is 1. The van der Waals surface area contributed by atoms with Crippen LogP contribution in [0.1, 0.15) is 78.5 Å². The molecule has 37 heavy (non-hydrogen) atoms. The molecule has 1 fully saturated rings. The number of fused-ring (bicyclic) bond motifs is 3. The summed E-state index contributed by atoms with van der Waals surface area (Å²) in [5, 5.41) is 0.998. The second-order valence-corrected chi connectivity index (χ2v) is 10.7. The van der Waals surface area contributed by atoms with Gasteiger partial charge in [-0.3, -0.25) is 9.59 Å². The first-order valence-corrected chi connectivity index (χ1v) is 13.9. The van der Waals surface area contributed by atoms with Crippen molar-refractivity contribution < 1.29 is 14.3 Å². The van der Waals surface area contributed by atoms with Crippen molar-refractivity contribution in [1.82, 2.24) is 14.4 Å². The highest BCUT2D eigenvalue weighted by Gasteiger charge is 2.36. The summed E-state index contributed by atoms with van der Waals surface area (Å²) in [5.41, 5.74) is 2.44. The Balaban J connectivity index is 1.51. The Morgan fingerprint density at radius 2 is 1.54 bits per heavy atom. The zero-order chi connectivity index (χ0) is 25.8. The highest BCUT2D eigenvalue weighted by molar-refractivity contribution is 6.07. The first-order chi connectivity index (χ1) is 18.0. The summed E-state index contributed by atoms with van der Waals surface area (Å²) < 4.78 is 8.70. The molecule has 0 N–H and O–H groups in total. The fourth-order valence-electron chi connectivity index (χ4n) is 6.03. The van der Waals surface area contributed by atoms with E-state index >= 15 is 0 Å². The van der Waals surface area contributed by atoms with Gasteiger partial charge in [-0.25, -0.2) is 0 Å². The third-order valence-corrected chi connectivity index (χ3v) is 8.09. The quantitative estimate of drug-likeness (QED) is 0.408. The van der Waals surface area contributed by atoms with Crippen LogP contribution in [0.3, 0.4) is 0 Å². The molecule has 2 atom stereocenters. The molecule has 5 rings (SSSR count). The number of rotatable bonds is 1. The van der Waals surface area contributed by atoms with Crippen LogP contribution in [0.5, 0.6) is 5.75 Å². The zero-order valence-corrected chi connectivity index (χ0v) is 22.2. The molecule has 6 heteroatoms. The molecular weight excluding hydrogens is 462 g/mol. The van der Waals surface area contributed by atoms with Gasteiger partial charge in [0.1, 0.15) is 11.9 Å². The van der Waals surface area contributed by atoms with E-state index in [0.717, 1.165) is 87.3 Å². The van der Waals surface area contributed by atoms with Crippen LogP contribution in [-0.2, 0) is 7.05 Å². The predicted molar refractivity (Wildman–Crippen MR) is 147 cm³/mol. The van der Waals surface area contributed by atoms with Crippen molar-refractivity contribution in [3.05, 3.63) is 65.9 Å². The summed E-state index contributed by atoms with van der Waals surface area (Å²) in [6.07, 6.45) is 11.0. The topological polar surface area (TPSA) is 54.8 Å². The molecule has 0 saturated heterocycles. The molecule has 2 heterocycles. The van der Waals surface area contributed by atoms with Crippen molar-refractivity contribution in [3.63, 3.8) is 0 Å². The van der Waals surface area contributed by atoms with Crippen molar-refractivity contribution >= 4 is 22.7 Å². The molecule has 6 nitrogen and oxygen atoms in total. The number of benzene rings is 2. The molecule has 196 valence electrons. The SMILES string of the molecule is CN1CCCCCCCN(C(=O)c2cn(C)c3ccccc23)[C@@H]2CCCC[C@@H]2Oc2ccccc2C1=O. The summed E-state index contributed by atoms with van der Waals surface area (Å²) in [7, 11) is 3.88. The number of nitrogens with zero attached hydrogens (tertiary/aromatic N) is 3. The normalized spacial score (nSPS) is 21.9. The number of amides is 2. The average molecular weight is 502 g/mol. The van der Waals surface area contributed by atoms with Gasteiger partial charge in [0.05, 0.1) is 17.2 Å².